The van der Waals surface area contributed by atoms with Crippen LogP contribution in [0.15, 0.2) is 29.3 Å². The molecule has 0 spiro atoms. The summed E-state index contributed by atoms with van der Waals surface area (Å²) in [5.74, 6) is -1.07. The highest BCUT2D eigenvalue weighted by Crippen LogP contribution is 2.30. The van der Waals surface area contributed by atoms with Crippen LogP contribution in [0.3, 0.4) is 0 Å². The molecule has 6 nitrogen and oxygen atoms in total. The van der Waals surface area contributed by atoms with Crippen molar-refractivity contribution in [1.29, 1.82) is 0 Å². The van der Waals surface area contributed by atoms with Crippen LogP contribution in [0.25, 0.3) is 16.9 Å². The molecule has 0 fully saturated rings. The van der Waals surface area contributed by atoms with E-state index >= 15 is 0 Å². The molecule has 2 aromatic heterocycles. The van der Waals surface area contributed by atoms with Gasteiger partial charge in [-0.25, -0.2) is 4.39 Å². The van der Waals surface area contributed by atoms with Gasteiger partial charge in [0.2, 0.25) is 5.78 Å². The lowest BCUT2D eigenvalue weighted by Gasteiger charge is -2.20. The number of rotatable bonds is 3. The minimum absolute atomic E-state index is 0.0573. The van der Waals surface area contributed by atoms with E-state index < -0.39 is 23.6 Å². The van der Waals surface area contributed by atoms with Crippen molar-refractivity contribution in [1.82, 2.24) is 19.6 Å². The first-order valence-corrected chi connectivity index (χ1v) is 7.62. The molecule has 3 rings (SSSR count). The van der Waals surface area contributed by atoms with Gasteiger partial charge in [-0.05, 0) is 25.5 Å². The first-order chi connectivity index (χ1) is 12.7. The van der Waals surface area contributed by atoms with E-state index in [-0.39, 0.29) is 22.7 Å². The first-order valence-electron chi connectivity index (χ1n) is 7.62. The molecule has 2 N–H and O–H groups in total. The van der Waals surface area contributed by atoms with E-state index in [4.69, 9.17) is 0 Å². The number of benzene rings is 1. The lowest BCUT2D eigenvalue weighted by molar-refractivity contribution is -0.138. The number of fused-ring (bicyclic) bond motifs is 1. The van der Waals surface area contributed by atoms with Gasteiger partial charge in [0.1, 0.15) is 24.0 Å². The SMILES string of the molecule is CF.Cc1ccc(-c2c(NC(C)C(F)(F)F)n3ncnc3[nH]c2=O)c(F)c1. The van der Waals surface area contributed by atoms with Crippen molar-refractivity contribution in [3.05, 3.63) is 46.3 Å². The molecule has 2 heterocycles. The van der Waals surface area contributed by atoms with Gasteiger partial charge in [0.25, 0.3) is 5.56 Å². The molecule has 1 aromatic carbocycles. The molecule has 11 heteroatoms. The largest absolute Gasteiger partial charge is 0.408 e. The summed E-state index contributed by atoms with van der Waals surface area (Å²) < 4.78 is 63.7. The fourth-order valence-corrected chi connectivity index (χ4v) is 2.36. The van der Waals surface area contributed by atoms with Crippen LogP contribution in [0.5, 0.6) is 0 Å². The van der Waals surface area contributed by atoms with Gasteiger partial charge in [-0.15, -0.1) is 0 Å². The van der Waals surface area contributed by atoms with Gasteiger partial charge in [0, 0.05) is 5.56 Å². The van der Waals surface area contributed by atoms with Crippen molar-refractivity contribution in [2.75, 3.05) is 12.5 Å². The molecule has 0 amide bonds. The Morgan fingerprint density at radius 3 is 2.52 bits per heavy atom. The highest BCUT2D eigenvalue weighted by Gasteiger charge is 2.37. The highest BCUT2D eigenvalue weighted by molar-refractivity contribution is 5.76. The molecule has 3 aromatic rings. The van der Waals surface area contributed by atoms with E-state index in [0.29, 0.717) is 12.7 Å². The van der Waals surface area contributed by atoms with Crippen LogP contribution in [0.4, 0.5) is 27.8 Å². The number of aromatic nitrogens is 4. The van der Waals surface area contributed by atoms with Crippen molar-refractivity contribution >= 4 is 11.6 Å². The molecule has 1 atom stereocenters. The zero-order chi connectivity index (χ0) is 20.4. The molecule has 0 radical (unpaired) electrons. The zero-order valence-corrected chi connectivity index (χ0v) is 14.5. The number of aromatic amines is 1. The lowest BCUT2D eigenvalue weighted by atomic mass is 10.0. The van der Waals surface area contributed by atoms with Gasteiger partial charge in [-0.1, -0.05) is 12.1 Å². The highest BCUT2D eigenvalue weighted by atomic mass is 19.4. The maximum atomic E-state index is 14.3. The van der Waals surface area contributed by atoms with Crippen LogP contribution in [-0.2, 0) is 0 Å². The van der Waals surface area contributed by atoms with Crippen molar-refractivity contribution in [3.63, 3.8) is 0 Å². The van der Waals surface area contributed by atoms with Crippen molar-refractivity contribution in [2.45, 2.75) is 26.1 Å². The van der Waals surface area contributed by atoms with Crippen LogP contribution >= 0.6 is 0 Å². The van der Waals surface area contributed by atoms with Crippen LogP contribution in [0.1, 0.15) is 12.5 Å². The molecular formula is C16H16F5N5O. The Hall–Kier alpha value is -2.98. The second kappa shape index (κ2) is 7.72. The standard InChI is InChI=1S/C15H13F4N5O.CH3F/c1-7-3-4-9(10(16)5-7)11-12(22-8(2)15(17,18)19)24-14(20-6-21-24)23-13(11)25;1-2/h3-6,8,22H,1-2H3,(H,20,21,23,25);1H3. The number of nitrogens with one attached hydrogen (secondary N) is 2. The van der Waals surface area contributed by atoms with E-state index in [0.717, 1.165) is 17.8 Å². The number of H-pyrrole nitrogens is 1. The molecule has 0 saturated heterocycles. The summed E-state index contributed by atoms with van der Waals surface area (Å²) in [7, 11) is 0.500. The topological polar surface area (TPSA) is 75.1 Å². The molecule has 0 saturated carbocycles. The fourth-order valence-electron chi connectivity index (χ4n) is 2.36. The molecular weight excluding hydrogens is 373 g/mol. The van der Waals surface area contributed by atoms with Gasteiger partial charge in [-0.3, -0.25) is 14.2 Å². The number of hydrogen-bond acceptors (Lipinski definition) is 4. The summed E-state index contributed by atoms with van der Waals surface area (Å²) in [4.78, 5) is 18.5. The summed E-state index contributed by atoms with van der Waals surface area (Å²) >= 11 is 0. The quantitative estimate of drug-likeness (QED) is 0.673. The van der Waals surface area contributed by atoms with Crippen molar-refractivity contribution in [3.8, 4) is 11.1 Å². The Morgan fingerprint density at radius 2 is 1.93 bits per heavy atom. The Bertz CT molecular complexity index is 995. The van der Waals surface area contributed by atoms with E-state index in [1.165, 1.54) is 12.1 Å². The predicted octanol–water partition coefficient (Wildman–Crippen LogP) is 3.48. The van der Waals surface area contributed by atoms with Crippen LogP contribution < -0.4 is 10.9 Å². The molecule has 1 unspecified atom stereocenters. The summed E-state index contributed by atoms with van der Waals surface area (Å²) in [5, 5.41) is 6.02. The Kier molecular flexibility index (Phi) is 5.82. The number of hydrogen-bond donors (Lipinski definition) is 2. The third-order valence-corrected chi connectivity index (χ3v) is 3.69. The monoisotopic (exact) mass is 389 g/mol. The molecule has 146 valence electrons. The summed E-state index contributed by atoms with van der Waals surface area (Å²) in [6.07, 6.45) is -3.50. The zero-order valence-electron chi connectivity index (χ0n) is 14.5. The van der Waals surface area contributed by atoms with Gasteiger partial charge >= 0.3 is 6.18 Å². The van der Waals surface area contributed by atoms with Crippen molar-refractivity contribution < 1.29 is 22.0 Å². The normalized spacial score (nSPS) is 12.4. The predicted molar refractivity (Wildman–Crippen MR) is 89.9 cm³/mol. The Balaban J connectivity index is 0.00000126. The molecule has 0 aliphatic carbocycles. The number of halogens is 5. The Morgan fingerprint density at radius 1 is 1.26 bits per heavy atom. The fraction of sp³-hybridized carbons (Fsp3) is 0.312. The second-order valence-corrected chi connectivity index (χ2v) is 5.56. The van der Waals surface area contributed by atoms with E-state index in [1.54, 1.807) is 13.0 Å². The average Bonchev–Trinajstić information content (AvgIpc) is 3.05. The maximum Gasteiger partial charge on any atom is 0.408 e. The van der Waals surface area contributed by atoms with Crippen LogP contribution in [0.2, 0.25) is 0 Å². The van der Waals surface area contributed by atoms with Crippen LogP contribution in [-0.4, -0.2) is 39.0 Å². The minimum atomic E-state index is -4.57. The number of alkyl halides is 4. The molecule has 0 aliphatic rings. The summed E-state index contributed by atoms with van der Waals surface area (Å²) in [5.41, 5.74) is -0.592. The molecule has 0 bridgehead atoms. The van der Waals surface area contributed by atoms with E-state index in [2.05, 4.69) is 20.4 Å². The van der Waals surface area contributed by atoms with Gasteiger partial charge < -0.3 is 5.32 Å². The van der Waals surface area contributed by atoms with E-state index in [1.807, 2.05) is 0 Å². The smallest absolute Gasteiger partial charge is 0.358 e. The van der Waals surface area contributed by atoms with E-state index in [9.17, 15) is 26.7 Å². The third kappa shape index (κ3) is 4.07. The van der Waals surface area contributed by atoms with Gasteiger partial charge in [0.05, 0.1) is 12.7 Å². The van der Waals surface area contributed by atoms with Gasteiger partial charge in [0.15, 0.2) is 0 Å². The maximum absolute atomic E-state index is 14.3. The van der Waals surface area contributed by atoms with Crippen molar-refractivity contribution in [2.24, 2.45) is 0 Å². The lowest BCUT2D eigenvalue weighted by Crippen LogP contribution is -2.35. The third-order valence-electron chi connectivity index (χ3n) is 3.69. The van der Waals surface area contributed by atoms with Gasteiger partial charge in [-0.2, -0.15) is 27.8 Å². The Labute approximate surface area is 150 Å². The number of nitrogens with zero attached hydrogens (tertiary/aromatic N) is 3. The second-order valence-electron chi connectivity index (χ2n) is 5.56. The van der Waals surface area contributed by atoms with Crippen LogP contribution in [0, 0.1) is 12.7 Å². The number of anilines is 1. The number of aryl methyl sites for hydroxylation is 1. The average molecular weight is 389 g/mol. The summed E-state index contributed by atoms with van der Waals surface area (Å²) in [6, 6.07) is 2.09. The first kappa shape index (κ1) is 20.3. The molecule has 27 heavy (non-hydrogen) atoms. The summed E-state index contributed by atoms with van der Waals surface area (Å²) in [6.45, 7) is 2.54. The molecule has 0 aliphatic heterocycles. The minimum Gasteiger partial charge on any atom is -0.358 e.